The molecular formula is C26H30ClNO3. The normalized spacial score (nSPS) is 16.5. The van der Waals surface area contributed by atoms with Gasteiger partial charge in [0.25, 0.3) is 0 Å². The molecule has 0 spiro atoms. The quantitative estimate of drug-likeness (QED) is 0.637. The molecule has 1 aliphatic carbocycles. The summed E-state index contributed by atoms with van der Waals surface area (Å²) in [5, 5.41) is 10.3. The molecule has 1 N–H and O–H groups in total. The van der Waals surface area contributed by atoms with Crippen molar-refractivity contribution in [3.05, 3.63) is 56.6 Å². The number of benzene rings is 2. The maximum Gasteiger partial charge on any atom is 0.307 e. The van der Waals surface area contributed by atoms with E-state index in [1.54, 1.807) is 0 Å². The average molecular weight is 440 g/mol. The fourth-order valence-corrected chi connectivity index (χ4v) is 5.70. The molecule has 1 saturated carbocycles. The molecule has 0 saturated heterocycles. The van der Waals surface area contributed by atoms with Crippen LogP contribution in [0.2, 0.25) is 5.02 Å². The Kier molecular flexibility index (Phi) is 6.11. The van der Waals surface area contributed by atoms with Gasteiger partial charge in [-0.25, -0.2) is 0 Å². The van der Waals surface area contributed by atoms with Crippen LogP contribution in [-0.4, -0.2) is 21.9 Å². The second-order valence-corrected chi connectivity index (χ2v) is 9.56. The van der Waals surface area contributed by atoms with E-state index in [0.29, 0.717) is 18.1 Å². The number of amides is 1. The first kappa shape index (κ1) is 21.9. The van der Waals surface area contributed by atoms with E-state index in [0.717, 1.165) is 64.6 Å². The SMILES string of the molecule is Cc1cc(Cl)ccc1-c1c(C)c2c(c(C)c1CC(=O)O)CN(C(=O)C1CCCCC1)C2. The summed E-state index contributed by atoms with van der Waals surface area (Å²) in [5.41, 5.74) is 8.28. The molecule has 0 aromatic heterocycles. The highest BCUT2D eigenvalue weighted by molar-refractivity contribution is 6.30. The molecule has 31 heavy (non-hydrogen) atoms. The van der Waals surface area contributed by atoms with E-state index >= 15 is 0 Å². The van der Waals surface area contributed by atoms with Gasteiger partial charge in [0.05, 0.1) is 6.42 Å². The topological polar surface area (TPSA) is 57.6 Å². The highest BCUT2D eigenvalue weighted by Gasteiger charge is 2.33. The van der Waals surface area contributed by atoms with Crippen LogP contribution in [0.1, 0.15) is 65.5 Å². The minimum atomic E-state index is -0.844. The minimum absolute atomic E-state index is 0.0338. The number of carboxylic acids is 1. The number of nitrogens with zero attached hydrogens (tertiary/aromatic N) is 1. The molecule has 0 unspecified atom stereocenters. The van der Waals surface area contributed by atoms with Gasteiger partial charge < -0.3 is 10.0 Å². The molecule has 2 aromatic carbocycles. The van der Waals surface area contributed by atoms with E-state index < -0.39 is 5.97 Å². The summed E-state index contributed by atoms with van der Waals surface area (Å²) in [7, 11) is 0. The first-order chi connectivity index (χ1) is 14.8. The summed E-state index contributed by atoms with van der Waals surface area (Å²) in [4.78, 5) is 27.0. The van der Waals surface area contributed by atoms with E-state index in [9.17, 15) is 14.7 Å². The van der Waals surface area contributed by atoms with Crippen molar-refractivity contribution in [1.29, 1.82) is 0 Å². The summed E-state index contributed by atoms with van der Waals surface area (Å²) in [6.45, 7) is 7.29. The first-order valence-corrected chi connectivity index (χ1v) is 11.6. The lowest BCUT2D eigenvalue weighted by Crippen LogP contribution is -2.33. The number of aliphatic carboxylic acids is 1. The number of hydrogen-bond donors (Lipinski definition) is 1. The Labute approximate surface area is 189 Å². The van der Waals surface area contributed by atoms with Gasteiger partial charge in [0.15, 0.2) is 0 Å². The maximum absolute atomic E-state index is 13.2. The average Bonchev–Trinajstić information content (AvgIpc) is 3.19. The standard InChI is InChI=1S/C26H30ClNO3/c1-15-11-19(27)9-10-20(15)25-17(3)23-14-28(26(31)18-7-5-4-6-8-18)13-22(23)16(2)21(25)12-24(29)30/h9-11,18H,4-8,12-14H2,1-3H3,(H,29,30). The van der Waals surface area contributed by atoms with E-state index in [-0.39, 0.29) is 18.2 Å². The van der Waals surface area contributed by atoms with Crippen molar-refractivity contribution in [1.82, 2.24) is 4.90 Å². The molecule has 4 nitrogen and oxygen atoms in total. The van der Waals surface area contributed by atoms with Crippen molar-refractivity contribution < 1.29 is 14.7 Å². The molecule has 2 aliphatic rings. The Morgan fingerprint density at radius 3 is 2.29 bits per heavy atom. The number of fused-ring (bicyclic) bond motifs is 1. The summed E-state index contributed by atoms with van der Waals surface area (Å²) in [5.74, 6) is -0.442. The van der Waals surface area contributed by atoms with Crippen molar-refractivity contribution in [3.8, 4) is 11.1 Å². The largest absolute Gasteiger partial charge is 0.481 e. The summed E-state index contributed by atoms with van der Waals surface area (Å²) in [6.07, 6.45) is 5.45. The predicted molar refractivity (Wildman–Crippen MR) is 123 cm³/mol. The fourth-order valence-electron chi connectivity index (χ4n) is 5.47. The molecule has 1 heterocycles. The Morgan fingerprint density at radius 2 is 1.68 bits per heavy atom. The number of halogens is 1. The van der Waals surface area contributed by atoms with Crippen LogP contribution in [0.3, 0.4) is 0 Å². The second-order valence-electron chi connectivity index (χ2n) is 9.12. The fraction of sp³-hybridized carbons (Fsp3) is 0.462. The van der Waals surface area contributed by atoms with E-state index in [1.165, 1.54) is 12.0 Å². The zero-order valence-electron chi connectivity index (χ0n) is 18.6. The molecule has 164 valence electrons. The van der Waals surface area contributed by atoms with Crippen molar-refractivity contribution in [2.24, 2.45) is 5.92 Å². The van der Waals surface area contributed by atoms with Crippen LogP contribution in [-0.2, 0) is 29.1 Å². The lowest BCUT2D eigenvalue weighted by atomic mass is 9.83. The number of carbonyl (C=O) groups is 2. The maximum atomic E-state index is 13.2. The predicted octanol–water partition coefficient (Wildman–Crippen LogP) is 5.98. The van der Waals surface area contributed by atoms with Gasteiger partial charge >= 0.3 is 5.97 Å². The number of hydrogen-bond acceptors (Lipinski definition) is 2. The van der Waals surface area contributed by atoms with Crippen molar-refractivity contribution in [2.75, 3.05) is 0 Å². The highest BCUT2D eigenvalue weighted by Crippen LogP contribution is 2.41. The third-order valence-corrected chi connectivity index (χ3v) is 7.38. The van der Waals surface area contributed by atoms with Crippen LogP contribution < -0.4 is 0 Å². The van der Waals surface area contributed by atoms with Gasteiger partial charge in [0.2, 0.25) is 5.91 Å². The van der Waals surface area contributed by atoms with E-state index in [4.69, 9.17) is 11.6 Å². The number of carbonyl (C=O) groups excluding carboxylic acids is 1. The monoisotopic (exact) mass is 439 g/mol. The van der Waals surface area contributed by atoms with Gasteiger partial charge in [-0.3, -0.25) is 9.59 Å². The minimum Gasteiger partial charge on any atom is -0.481 e. The van der Waals surface area contributed by atoms with Gasteiger partial charge in [-0.05, 0) is 90.3 Å². The van der Waals surface area contributed by atoms with Gasteiger partial charge in [-0.1, -0.05) is 36.9 Å². The Hall–Kier alpha value is -2.33. The molecule has 1 fully saturated rings. The van der Waals surface area contributed by atoms with Crippen LogP contribution >= 0.6 is 11.6 Å². The Balaban J connectivity index is 1.80. The van der Waals surface area contributed by atoms with Crippen LogP contribution in [0, 0.1) is 26.7 Å². The van der Waals surface area contributed by atoms with E-state index in [2.05, 4.69) is 6.92 Å². The van der Waals surface area contributed by atoms with Crippen LogP contribution in [0.5, 0.6) is 0 Å². The van der Waals surface area contributed by atoms with Crippen LogP contribution in [0.15, 0.2) is 18.2 Å². The van der Waals surface area contributed by atoms with E-state index in [1.807, 2.05) is 36.9 Å². The van der Waals surface area contributed by atoms with Gasteiger partial charge in [0, 0.05) is 24.0 Å². The number of aryl methyl sites for hydroxylation is 1. The van der Waals surface area contributed by atoms with Crippen molar-refractivity contribution in [3.63, 3.8) is 0 Å². The molecule has 0 radical (unpaired) electrons. The number of rotatable bonds is 4. The summed E-state index contributed by atoms with van der Waals surface area (Å²) in [6, 6.07) is 5.76. The van der Waals surface area contributed by atoms with Gasteiger partial charge in [0.1, 0.15) is 0 Å². The zero-order valence-corrected chi connectivity index (χ0v) is 19.3. The molecule has 4 rings (SSSR count). The smallest absolute Gasteiger partial charge is 0.307 e. The third kappa shape index (κ3) is 4.10. The molecule has 1 aliphatic heterocycles. The van der Waals surface area contributed by atoms with Crippen molar-refractivity contribution in [2.45, 2.75) is 72.4 Å². The highest BCUT2D eigenvalue weighted by atomic mass is 35.5. The first-order valence-electron chi connectivity index (χ1n) is 11.2. The van der Waals surface area contributed by atoms with Gasteiger partial charge in [-0.2, -0.15) is 0 Å². The zero-order chi connectivity index (χ0) is 22.3. The molecule has 1 amide bonds. The molecule has 0 bridgehead atoms. The molecule has 5 heteroatoms. The summed E-state index contributed by atoms with van der Waals surface area (Å²) >= 11 is 6.18. The van der Waals surface area contributed by atoms with Crippen molar-refractivity contribution >= 4 is 23.5 Å². The second kappa shape index (κ2) is 8.66. The van der Waals surface area contributed by atoms with Gasteiger partial charge in [-0.15, -0.1) is 0 Å². The molecule has 0 atom stereocenters. The lowest BCUT2D eigenvalue weighted by Gasteiger charge is -2.26. The molecular weight excluding hydrogens is 410 g/mol. The number of carboxylic acid groups (broad SMARTS) is 1. The Morgan fingerprint density at radius 1 is 1.03 bits per heavy atom. The molecule has 2 aromatic rings. The Bertz CT molecular complexity index is 1050. The van der Waals surface area contributed by atoms with Crippen LogP contribution in [0.4, 0.5) is 0 Å². The van der Waals surface area contributed by atoms with Crippen LogP contribution in [0.25, 0.3) is 11.1 Å². The third-order valence-electron chi connectivity index (χ3n) is 7.15. The lowest BCUT2D eigenvalue weighted by molar-refractivity contribution is -0.137. The summed E-state index contributed by atoms with van der Waals surface area (Å²) < 4.78 is 0.